The van der Waals surface area contributed by atoms with Crippen molar-refractivity contribution in [3.63, 3.8) is 0 Å². The summed E-state index contributed by atoms with van der Waals surface area (Å²) >= 11 is 3.66. The number of nitrogens with zero attached hydrogens (tertiary/aromatic N) is 1. The molecule has 0 spiro atoms. The zero-order valence-corrected chi connectivity index (χ0v) is 15.3. The molecule has 0 fully saturated rings. The molecule has 0 aromatic rings. The van der Waals surface area contributed by atoms with Gasteiger partial charge in [0, 0.05) is 16.2 Å². The molecule has 124 valence electrons. The third kappa shape index (κ3) is 2.85. The maximum atomic E-state index is 12.4. The Morgan fingerprint density at radius 3 is 2.57 bits per heavy atom. The van der Waals surface area contributed by atoms with E-state index >= 15 is 0 Å². The number of halogens is 1. The Hall–Kier alpha value is -1.20. The van der Waals surface area contributed by atoms with Crippen LogP contribution in [-0.2, 0) is 9.59 Å². The highest BCUT2D eigenvalue weighted by molar-refractivity contribution is 9.11. The number of allylic oxidation sites excluding steroid dienone is 3. The summed E-state index contributed by atoms with van der Waals surface area (Å²) in [5.41, 5.74) is 2.41. The van der Waals surface area contributed by atoms with Crippen LogP contribution in [-0.4, -0.2) is 41.6 Å². The molecule has 0 bridgehead atoms. The minimum Gasteiger partial charge on any atom is -0.376 e. The number of ketones is 2. The van der Waals surface area contributed by atoms with Gasteiger partial charge in [0.05, 0.1) is 11.6 Å². The van der Waals surface area contributed by atoms with Gasteiger partial charge in [0.15, 0.2) is 0 Å². The highest BCUT2D eigenvalue weighted by atomic mass is 79.9. The van der Waals surface area contributed by atoms with E-state index in [0.717, 1.165) is 54.5 Å². The number of hydrogen-bond donors (Lipinski definition) is 1. The summed E-state index contributed by atoms with van der Waals surface area (Å²) in [5, 5.41) is 3.51. The molecule has 0 saturated heterocycles. The van der Waals surface area contributed by atoms with Crippen LogP contribution in [0.15, 0.2) is 33.5 Å². The van der Waals surface area contributed by atoms with Crippen molar-refractivity contribution in [2.45, 2.75) is 51.6 Å². The Labute approximate surface area is 145 Å². The zero-order valence-electron chi connectivity index (χ0n) is 13.7. The fourth-order valence-electron chi connectivity index (χ4n) is 3.93. The molecule has 3 aliphatic rings. The maximum absolute atomic E-state index is 12.4. The van der Waals surface area contributed by atoms with Gasteiger partial charge in [0.2, 0.25) is 11.6 Å². The van der Waals surface area contributed by atoms with Crippen LogP contribution in [0.1, 0.15) is 39.5 Å². The summed E-state index contributed by atoms with van der Waals surface area (Å²) in [5.74, 6) is -0.789. The lowest BCUT2D eigenvalue weighted by atomic mass is 9.84. The Morgan fingerprint density at radius 2 is 1.91 bits per heavy atom. The van der Waals surface area contributed by atoms with E-state index in [-0.39, 0.29) is 11.8 Å². The molecule has 1 heterocycles. The minimum absolute atomic E-state index is 0.0979. The van der Waals surface area contributed by atoms with E-state index in [4.69, 9.17) is 0 Å². The van der Waals surface area contributed by atoms with Crippen molar-refractivity contribution >= 4 is 27.5 Å². The van der Waals surface area contributed by atoms with E-state index in [2.05, 4.69) is 40.0 Å². The van der Waals surface area contributed by atoms with Crippen LogP contribution in [0.5, 0.6) is 0 Å². The molecule has 0 aromatic carbocycles. The molecule has 2 atom stereocenters. The van der Waals surface area contributed by atoms with Crippen molar-refractivity contribution in [3.8, 4) is 0 Å². The van der Waals surface area contributed by atoms with Crippen molar-refractivity contribution in [2.24, 2.45) is 0 Å². The van der Waals surface area contributed by atoms with Gasteiger partial charge in [0.25, 0.3) is 0 Å². The van der Waals surface area contributed by atoms with Crippen molar-refractivity contribution < 1.29 is 9.59 Å². The molecule has 0 radical (unpaired) electrons. The number of fused-ring (bicyclic) bond motifs is 2. The normalized spacial score (nSPS) is 26.8. The molecular weight excluding hydrogens is 356 g/mol. The standard InChI is InChI=1S/C18H23BrN2O2/c1-3-9-21(10-4-2)13-7-5-11(19)15-16-12(20-17(13)15)6-8-14(22)18(16)23/h6,8,13,17,20H,3-5,7,9-10H2,1-2H3. The van der Waals surface area contributed by atoms with E-state index in [1.165, 1.54) is 6.08 Å². The lowest BCUT2D eigenvalue weighted by Gasteiger charge is -2.39. The summed E-state index contributed by atoms with van der Waals surface area (Å²) < 4.78 is 1.07. The average Bonchev–Trinajstić information content (AvgIpc) is 2.92. The van der Waals surface area contributed by atoms with Crippen LogP contribution >= 0.6 is 15.9 Å². The quantitative estimate of drug-likeness (QED) is 0.590. The van der Waals surface area contributed by atoms with Gasteiger partial charge in [-0.15, -0.1) is 0 Å². The Balaban J connectivity index is 1.95. The van der Waals surface area contributed by atoms with Crippen LogP contribution in [0, 0.1) is 0 Å². The first-order valence-electron chi connectivity index (χ1n) is 8.49. The highest BCUT2D eigenvalue weighted by Gasteiger charge is 2.44. The predicted octanol–water partition coefficient (Wildman–Crippen LogP) is 2.85. The fraction of sp³-hybridized carbons (Fsp3) is 0.556. The van der Waals surface area contributed by atoms with Crippen LogP contribution in [0.3, 0.4) is 0 Å². The van der Waals surface area contributed by atoms with Gasteiger partial charge >= 0.3 is 0 Å². The van der Waals surface area contributed by atoms with Gasteiger partial charge < -0.3 is 5.32 Å². The van der Waals surface area contributed by atoms with Crippen LogP contribution in [0.25, 0.3) is 0 Å². The molecule has 0 saturated carbocycles. The molecular formula is C18H23BrN2O2. The summed E-state index contributed by atoms with van der Waals surface area (Å²) in [6.07, 6.45) is 7.36. The van der Waals surface area contributed by atoms with E-state index in [1.807, 2.05) is 0 Å². The van der Waals surface area contributed by atoms with Crippen LogP contribution in [0.2, 0.25) is 0 Å². The van der Waals surface area contributed by atoms with Gasteiger partial charge in [0.1, 0.15) is 0 Å². The summed E-state index contributed by atoms with van der Waals surface area (Å²) in [7, 11) is 0. The minimum atomic E-state index is -0.417. The largest absolute Gasteiger partial charge is 0.376 e. The second-order valence-corrected chi connectivity index (χ2v) is 7.36. The van der Waals surface area contributed by atoms with Crippen molar-refractivity contribution in [2.75, 3.05) is 13.1 Å². The number of carbonyl (C=O) groups excluding carboxylic acids is 2. The molecule has 1 N–H and O–H groups in total. The van der Waals surface area contributed by atoms with Crippen molar-refractivity contribution in [1.29, 1.82) is 0 Å². The lowest BCUT2D eigenvalue weighted by Crippen LogP contribution is -2.50. The maximum Gasteiger partial charge on any atom is 0.235 e. The van der Waals surface area contributed by atoms with Gasteiger partial charge in [-0.05, 0) is 56.5 Å². The Morgan fingerprint density at radius 1 is 1.22 bits per heavy atom. The number of carbonyl (C=O) groups is 2. The zero-order chi connectivity index (χ0) is 16.6. The number of rotatable bonds is 5. The first-order chi connectivity index (χ1) is 11.1. The topological polar surface area (TPSA) is 49.4 Å². The molecule has 0 aromatic heterocycles. The van der Waals surface area contributed by atoms with Crippen LogP contribution in [0.4, 0.5) is 0 Å². The fourth-order valence-corrected chi connectivity index (χ4v) is 4.60. The van der Waals surface area contributed by atoms with E-state index in [1.54, 1.807) is 6.08 Å². The third-order valence-electron chi connectivity index (χ3n) is 4.84. The molecule has 2 unspecified atom stereocenters. The highest BCUT2D eigenvalue weighted by Crippen LogP contribution is 2.42. The summed E-state index contributed by atoms with van der Waals surface area (Å²) in [6, 6.07) is 0.467. The molecule has 1 aliphatic heterocycles. The van der Waals surface area contributed by atoms with Gasteiger partial charge in [-0.1, -0.05) is 29.8 Å². The smallest absolute Gasteiger partial charge is 0.235 e. The molecule has 2 aliphatic carbocycles. The summed E-state index contributed by atoms with van der Waals surface area (Å²) in [6.45, 7) is 6.53. The molecule has 4 nitrogen and oxygen atoms in total. The predicted molar refractivity (Wildman–Crippen MR) is 94.2 cm³/mol. The number of Topliss-reactive ketones (excluding diaryl/α,β-unsaturated/α-hetero) is 1. The summed E-state index contributed by atoms with van der Waals surface area (Å²) in [4.78, 5) is 26.7. The van der Waals surface area contributed by atoms with Crippen molar-refractivity contribution in [1.82, 2.24) is 10.2 Å². The molecule has 3 rings (SSSR count). The average molecular weight is 379 g/mol. The first-order valence-corrected chi connectivity index (χ1v) is 9.28. The van der Waals surface area contributed by atoms with Gasteiger partial charge in [-0.2, -0.15) is 0 Å². The van der Waals surface area contributed by atoms with Crippen LogP contribution < -0.4 is 5.32 Å². The SMILES string of the molecule is CCCN(CCC)C1CCC(Br)=C2C3=C(C=CC(=O)C3=O)NC21. The van der Waals surface area contributed by atoms with E-state index in [0.29, 0.717) is 11.6 Å². The monoisotopic (exact) mass is 378 g/mol. The van der Waals surface area contributed by atoms with E-state index in [9.17, 15) is 9.59 Å². The molecule has 0 amide bonds. The molecule has 23 heavy (non-hydrogen) atoms. The third-order valence-corrected chi connectivity index (χ3v) is 5.66. The second kappa shape index (κ2) is 6.73. The van der Waals surface area contributed by atoms with Gasteiger partial charge in [-0.3, -0.25) is 14.5 Å². The van der Waals surface area contributed by atoms with Gasteiger partial charge in [-0.25, -0.2) is 0 Å². The van der Waals surface area contributed by atoms with E-state index < -0.39 is 5.78 Å². The Bertz CT molecular complexity index is 627. The lowest BCUT2D eigenvalue weighted by molar-refractivity contribution is -0.131. The molecule has 5 heteroatoms. The number of nitrogens with one attached hydrogen (secondary N) is 1. The Kier molecular flexibility index (Phi) is 4.87. The number of hydrogen-bond acceptors (Lipinski definition) is 4. The second-order valence-electron chi connectivity index (χ2n) is 6.40. The first kappa shape index (κ1) is 16.7. The van der Waals surface area contributed by atoms with Crippen molar-refractivity contribution in [3.05, 3.63) is 33.5 Å².